The molecule has 46 valence electrons. The van der Waals surface area contributed by atoms with Crippen molar-refractivity contribution in [2.45, 2.75) is 13.8 Å². The Hall–Kier alpha value is -0.590. The summed E-state index contributed by atoms with van der Waals surface area (Å²) in [6.45, 7) is 3.58. The predicted molar refractivity (Wildman–Crippen MR) is 34.5 cm³/mol. The van der Waals surface area contributed by atoms with E-state index in [9.17, 15) is 4.39 Å². The fraction of sp³-hybridized carbons (Fsp3) is 0.429. The van der Waals surface area contributed by atoms with Crippen LogP contribution in [0, 0.1) is 0 Å². The summed E-state index contributed by atoms with van der Waals surface area (Å²) in [7, 11) is 0. The van der Waals surface area contributed by atoms with E-state index in [0.29, 0.717) is 0 Å². The Morgan fingerprint density at radius 2 is 2.12 bits per heavy atom. The Labute approximate surface area is 49.7 Å². The van der Waals surface area contributed by atoms with Gasteiger partial charge in [-0.2, -0.15) is 0 Å². The minimum absolute atomic E-state index is 0.371. The molecular weight excluding hydrogens is 103 g/mol. The molecule has 0 aromatic heterocycles. The van der Waals surface area contributed by atoms with Gasteiger partial charge in [-0.1, -0.05) is 23.8 Å². The molecule has 0 aromatic rings. The molecule has 0 rings (SSSR count). The smallest absolute Gasteiger partial charge is 0.108 e. The van der Waals surface area contributed by atoms with E-state index in [2.05, 4.69) is 0 Å². The third-order valence-corrected chi connectivity index (χ3v) is 0.655. The number of allylic oxidation sites excluding steroid dienone is 4. The van der Waals surface area contributed by atoms with Crippen molar-refractivity contribution in [3.63, 3.8) is 0 Å². The van der Waals surface area contributed by atoms with Crippen molar-refractivity contribution in [2.24, 2.45) is 0 Å². The maximum Gasteiger partial charge on any atom is 0.108 e. The third-order valence-electron chi connectivity index (χ3n) is 0.655. The van der Waals surface area contributed by atoms with E-state index in [1.54, 1.807) is 6.08 Å². The zero-order valence-corrected chi connectivity index (χ0v) is 5.32. The van der Waals surface area contributed by atoms with Gasteiger partial charge >= 0.3 is 0 Å². The number of rotatable bonds is 2. The normalized spacial score (nSPS) is 9.88. The fourth-order valence-corrected chi connectivity index (χ4v) is 0.312. The van der Waals surface area contributed by atoms with E-state index in [1.807, 2.05) is 19.9 Å². The molecule has 0 amide bonds. The average Bonchev–Trinajstić information content (AvgIpc) is 1.66. The Bertz CT molecular complexity index is 97.0. The van der Waals surface area contributed by atoms with Crippen molar-refractivity contribution in [1.82, 2.24) is 0 Å². The van der Waals surface area contributed by atoms with Crippen molar-refractivity contribution in [3.8, 4) is 0 Å². The summed E-state index contributed by atoms with van der Waals surface area (Å²) in [6.07, 6.45) is 5.07. The van der Waals surface area contributed by atoms with Gasteiger partial charge in [0.15, 0.2) is 0 Å². The van der Waals surface area contributed by atoms with E-state index >= 15 is 0 Å². The van der Waals surface area contributed by atoms with E-state index < -0.39 is 0 Å². The molecule has 0 aliphatic rings. The average molecular weight is 114 g/mol. The maximum absolute atomic E-state index is 11.3. The molecular formula is C7H11F. The standard InChI is InChI=1S/C7H11F/c1-7(2)5-3-4-6-8/h3-5H,6H2,1-2H3/b4-3-. The van der Waals surface area contributed by atoms with Crippen LogP contribution in [0.25, 0.3) is 0 Å². The van der Waals surface area contributed by atoms with Crippen LogP contribution >= 0.6 is 0 Å². The summed E-state index contributed by atoms with van der Waals surface area (Å²) in [5, 5.41) is 0. The lowest BCUT2D eigenvalue weighted by Gasteiger charge is -1.79. The van der Waals surface area contributed by atoms with Crippen molar-refractivity contribution in [1.29, 1.82) is 0 Å². The van der Waals surface area contributed by atoms with Gasteiger partial charge in [0.1, 0.15) is 6.67 Å². The number of halogens is 1. The lowest BCUT2D eigenvalue weighted by Crippen LogP contribution is -1.61. The van der Waals surface area contributed by atoms with Gasteiger partial charge < -0.3 is 0 Å². The lowest BCUT2D eigenvalue weighted by molar-refractivity contribution is 0.562. The highest BCUT2D eigenvalue weighted by atomic mass is 19.1. The third kappa shape index (κ3) is 5.41. The molecule has 0 unspecified atom stereocenters. The second-order valence-electron chi connectivity index (χ2n) is 1.83. The molecule has 0 fully saturated rings. The van der Waals surface area contributed by atoms with Crippen LogP contribution in [-0.4, -0.2) is 6.67 Å². The molecule has 0 spiro atoms. The number of hydrogen-bond acceptors (Lipinski definition) is 0. The molecule has 1 heteroatoms. The van der Waals surface area contributed by atoms with Gasteiger partial charge in [0, 0.05) is 0 Å². The zero-order chi connectivity index (χ0) is 6.41. The molecule has 0 bridgehead atoms. The van der Waals surface area contributed by atoms with Crippen LogP contribution in [0.2, 0.25) is 0 Å². The van der Waals surface area contributed by atoms with Crippen molar-refractivity contribution in [2.75, 3.05) is 6.67 Å². The molecule has 0 saturated carbocycles. The fourth-order valence-electron chi connectivity index (χ4n) is 0.312. The molecule has 8 heavy (non-hydrogen) atoms. The van der Waals surface area contributed by atoms with Gasteiger partial charge in [0.05, 0.1) is 0 Å². The molecule has 0 aliphatic carbocycles. The Kier molecular flexibility index (Phi) is 4.23. The first-order chi connectivity index (χ1) is 3.77. The van der Waals surface area contributed by atoms with Crippen LogP contribution in [0.15, 0.2) is 23.8 Å². The van der Waals surface area contributed by atoms with Crippen molar-refractivity contribution in [3.05, 3.63) is 23.8 Å². The molecule has 0 heterocycles. The van der Waals surface area contributed by atoms with Gasteiger partial charge in [-0.15, -0.1) is 0 Å². The maximum atomic E-state index is 11.3. The van der Waals surface area contributed by atoms with Crippen LogP contribution in [0.3, 0.4) is 0 Å². The monoisotopic (exact) mass is 114 g/mol. The highest BCUT2D eigenvalue weighted by molar-refractivity contribution is 5.07. The van der Waals surface area contributed by atoms with Crippen LogP contribution in [0.4, 0.5) is 4.39 Å². The van der Waals surface area contributed by atoms with Crippen LogP contribution in [0.1, 0.15) is 13.8 Å². The largest absolute Gasteiger partial charge is 0.247 e. The second kappa shape index (κ2) is 4.57. The van der Waals surface area contributed by atoms with E-state index in [4.69, 9.17) is 0 Å². The van der Waals surface area contributed by atoms with Gasteiger partial charge in [0.2, 0.25) is 0 Å². The lowest BCUT2D eigenvalue weighted by atomic mass is 10.3. The second-order valence-corrected chi connectivity index (χ2v) is 1.83. The Balaban J connectivity index is 3.42. The quantitative estimate of drug-likeness (QED) is 0.484. The summed E-state index contributed by atoms with van der Waals surface area (Å²) < 4.78 is 11.3. The molecule has 0 atom stereocenters. The van der Waals surface area contributed by atoms with Crippen molar-refractivity contribution < 1.29 is 4.39 Å². The number of hydrogen-bond donors (Lipinski definition) is 0. The van der Waals surface area contributed by atoms with Crippen molar-refractivity contribution >= 4 is 0 Å². The van der Waals surface area contributed by atoms with Crippen LogP contribution in [0.5, 0.6) is 0 Å². The predicted octanol–water partition coefficient (Wildman–Crippen LogP) is 2.48. The highest BCUT2D eigenvalue weighted by Gasteiger charge is 1.68. The summed E-state index contributed by atoms with van der Waals surface area (Å²) >= 11 is 0. The molecule has 0 aliphatic heterocycles. The summed E-state index contributed by atoms with van der Waals surface area (Å²) in [5.74, 6) is 0. The van der Waals surface area contributed by atoms with E-state index in [0.717, 1.165) is 0 Å². The zero-order valence-electron chi connectivity index (χ0n) is 5.32. The molecule has 0 N–H and O–H groups in total. The van der Waals surface area contributed by atoms with Crippen LogP contribution < -0.4 is 0 Å². The number of alkyl halides is 1. The highest BCUT2D eigenvalue weighted by Crippen LogP contribution is 1.88. The molecule has 0 radical (unpaired) electrons. The van der Waals surface area contributed by atoms with Crippen LogP contribution in [-0.2, 0) is 0 Å². The van der Waals surface area contributed by atoms with Gasteiger partial charge in [-0.05, 0) is 13.8 Å². The summed E-state index contributed by atoms with van der Waals surface area (Å²) in [6, 6.07) is 0. The summed E-state index contributed by atoms with van der Waals surface area (Å²) in [4.78, 5) is 0. The van der Waals surface area contributed by atoms with E-state index in [1.165, 1.54) is 11.6 Å². The van der Waals surface area contributed by atoms with E-state index in [-0.39, 0.29) is 6.67 Å². The first-order valence-electron chi connectivity index (χ1n) is 2.63. The molecule has 0 nitrogen and oxygen atoms in total. The first-order valence-corrected chi connectivity index (χ1v) is 2.63. The summed E-state index contributed by atoms with van der Waals surface area (Å²) in [5.41, 5.74) is 1.19. The minimum atomic E-state index is -0.371. The Morgan fingerprint density at radius 1 is 1.50 bits per heavy atom. The van der Waals surface area contributed by atoms with Gasteiger partial charge in [-0.3, -0.25) is 0 Å². The Morgan fingerprint density at radius 3 is 2.50 bits per heavy atom. The molecule has 0 saturated heterocycles. The van der Waals surface area contributed by atoms with Gasteiger partial charge in [0.25, 0.3) is 0 Å². The SMILES string of the molecule is CC(C)=C/C=C\CF. The van der Waals surface area contributed by atoms with Gasteiger partial charge in [-0.25, -0.2) is 4.39 Å². The minimum Gasteiger partial charge on any atom is -0.247 e. The topological polar surface area (TPSA) is 0 Å². The first kappa shape index (κ1) is 7.41. The molecule has 0 aromatic carbocycles.